The van der Waals surface area contributed by atoms with E-state index in [4.69, 9.17) is 0 Å². The van der Waals surface area contributed by atoms with Crippen LogP contribution in [-0.2, 0) is 10.2 Å². The second-order valence-corrected chi connectivity index (χ2v) is 6.77. The van der Waals surface area contributed by atoms with E-state index in [1.165, 1.54) is 0 Å². The average molecular weight is 305 g/mol. The van der Waals surface area contributed by atoms with Crippen LogP contribution >= 0.6 is 0 Å². The summed E-state index contributed by atoms with van der Waals surface area (Å²) in [6.45, 7) is 9.99. The van der Waals surface area contributed by atoms with E-state index in [2.05, 4.69) is 26.1 Å². The molecule has 0 unspecified atom stereocenters. The van der Waals surface area contributed by atoms with Gasteiger partial charge < -0.3 is 10.4 Å². The first-order chi connectivity index (χ1) is 10.2. The third-order valence-corrected chi connectivity index (χ3v) is 4.37. The Hall–Kier alpha value is -1.84. The molecule has 0 aliphatic carbocycles. The number of carboxylic acid groups (broad SMARTS) is 1. The highest BCUT2D eigenvalue weighted by Gasteiger charge is 2.35. The summed E-state index contributed by atoms with van der Waals surface area (Å²) >= 11 is 0. The first-order valence-corrected chi connectivity index (χ1v) is 7.79. The second kappa shape index (κ2) is 6.95. The molecule has 4 heteroatoms. The molecule has 22 heavy (non-hydrogen) atoms. The zero-order valence-corrected chi connectivity index (χ0v) is 14.2. The number of carbonyl (C=O) groups is 2. The average Bonchev–Trinajstić information content (AvgIpc) is 2.47. The molecule has 1 rings (SSSR count). The van der Waals surface area contributed by atoms with Gasteiger partial charge in [0, 0.05) is 12.1 Å². The van der Waals surface area contributed by atoms with Crippen LogP contribution in [0.2, 0.25) is 0 Å². The van der Waals surface area contributed by atoms with Gasteiger partial charge in [0.15, 0.2) is 0 Å². The predicted molar refractivity (Wildman–Crippen MR) is 88.1 cm³/mol. The van der Waals surface area contributed by atoms with Gasteiger partial charge in [-0.05, 0) is 29.9 Å². The fourth-order valence-electron chi connectivity index (χ4n) is 2.56. The lowest BCUT2D eigenvalue weighted by atomic mass is 9.81. The minimum Gasteiger partial charge on any atom is -0.481 e. The van der Waals surface area contributed by atoms with Crippen LogP contribution in [0.25, 0.3) is 0 Å². The third-order valence-electron chi connectivity index (χ3n) is 4.37. The standard InChI is InChI=1S/C18H27NO3/c1-6-18(7-2,16(21)22)12-19-15(20)13-10-8-9-11-14(13)17(3,4)5/h8-11H,6-7,12H2,1-5H3,(H,19,20)(H,21,22). The normalized spacial score (nSPS) is 12.0. The maximum Gasteiger partial charge on any atom is 0.311 e. The van der Waals surface area contributed by atoms with E-state index in [0.717, 1.165) is 5.56 Å². The van der Waals surface area contributed by atoms with Crippen molar-refractivity contribution < 1.29 is 14.7 Å². The van der Waals surface area contributed by atoms with Crippen molar-refractivity contribution in [1.29, 1.82) is 0 Å². The maximum absolute atomic E-state index is 12.5. The zero-order valence-electron chi connectivity index (χ0n) is 14.2. The zero-order chi connectivity index (χ0) is 17.0. The van der Waals surface area contributed by atoms with Crippen LogP contribution in [-0.4, -0.2) is 23.5 Å². The van der Waals surface area contributed by atoms with E-state index in [1.54, 1.807) is 6.07 Å². The molecular formula is C18H27NO3. The number of benzene rings is 1. The molecule has 0 saturated carbocycles. The van der Waals surface area contributed by atoms with Crippen molar-refractivity contribution in [3.8, 4) is 0 Å². The number of rotatable bonds is 6. The largest absolute Gasteiger partial charge is 0.481 e. The van der Waals surface area contributed by atoms with E-state index in [9.17, 15) is 14.7 Å². The van der Waals surface area contributed by atoms with Crippen LogP contribution in [0.3, 0.4) is 0 Å². The Morgan fingerprint density at radius 2 is 1.64 bits per heavy atom. The molecule has 0 heterocycles. The molecular weight excluding hydrogens is 278 g/mol. The summed E-state index contributed by atoms with van der Waals surface area (Å²) in [6.07, 6.45) is 0.972. The van der Waals surface area contributed by atoms with Crippen molar-refractivity contribution in [2.45, 2.75) is 52.9 Å². The molecule has 0 spiro atoms. The summed E-state index contributed by atoms with van der Waals surface area (Å²) < 4.78 is 0. The Bertz CT molecular complexity index is 540. The van der Waals surface area contributed by atoms with E-state index < -0.39 is 11.4 Å². The van der Waals surface area contributed by atoms with Crippen LogP contribution in [0.1, 0.15) is 63.4 Å². The van der Waals surface area contributed by atoms with Gasteiger partial charge in [-0.1, -0.05) is 52.8 Å². The first kappa shape index (κ1) is 18.2. The Kier molecular flexibility index (Phi) is 5.75. The Balaban J connectivity index is 2.98. The lowest BCUT2D eigenvalue weighted by Gasteiger charge is -2.28. The van der Waals surface area contributed by atoms with E-state index >= 15 is 0 Å². The highest BCUT2D eigenvalue weighted by atomic mass is 16.4. The fraction of sp³-hybridized carbons (Fsp3) is 0.556. The number of aliphatic carboxylic acids is 1. The molecule has 0 radical (unpaired) electrons. The number of carboxylic acids is 1. The van der Waals surface area contributed by atoms with E-state index in [0.29, 0.717) is 18.4 Å². The molecule has 1 aromatic rings. The molecule has 0 aliphatic rings. The topological polar surface area (TPSA) is 66.4 Å². The molecule has 0 saturated heterocycles. The predicted octanol–water partition coefficient (Wildman–Crippen LogP) is 3.60. The summed E-state index contributed by atoms with van der Waals surface area (Å²) in [5.41, 5.74) is 0.530. The molecule has 0 atom stereocenters. The Labute approximate surface area is 132 Å². The van der Waals surface area contributed by atoms with Gasteiger partial charge in [-0.15, -0.1) is 0 Å². The molecule has 0 bridgehead atoms. The van der Waals surface area contributed by atoms with Crippen LogP contribution in [0.4, 0.5) is 0 Å². The number of hydrogen-bond donors (Lipinski definition) is 2. The monoisotopic (exact) mass is 305 g/mol. The van der Waals surface area contributed by atoms with Gasteiger partial charge in [-0.25, -0.2) is 0 Å². The first-order valence-electron chi connectivity index (χ1n) is 7.79. The quantitative estimate of drug-likeness (QED) is 0.844. The van der Waals surface area contributed by atoms with Crippen molar-refractivity contribution in [1.82, 2.24) is 5.32 Å². The van der Waals surface area contributed by atoms with Crippen molar-refractivity contribution in [2.75, 3.05) is 6.54 Å². The lowest BCUT2D eigenvalue weighted by Crippen LogP contribution is -2.42. The Morgan fingerprint density at radius 1 is 1.09 bits per heavy atom. The minimum absolute atomic E-state index is 0.145. The van der Waals surface area contributed by atoms with Gasteiger partial charge in [-0.3, -0.25) is 9.59 Å². The van der Waals surface area contributed by atoms with Crippen molar-refractivity contribution in [2.24, 2.45) is 5.41 Å². The highest BCUT2D eigenvalue weighted by Crippen LogP contribution is 2.28. The SMILES string of the molecule is CCC(CC)(CNC(=O)c1ccccc1C(C)(C)C)C(=O)O. The number of nitrogens with one attached hydrogen (secondary N) is 1. The minimum atomic E-state index is -0.896. The molecule has 0 aliphatic heterocycles. The Morgan fingerprint density at radius 3 is 2.09 bits per heavy atom. The molecule has 0 aromatic heterocycles. The third kappa shape index (κ3) is 3.87. The molecule has 1 amide bonds. The van der Waals surface area contributed by atoms with Gasteiger partial charge >= 0.3 is 5.97 Å². The van der Waals surface area contributed by atoms with Crippen molar-refractivity contribution in [3.63, 3.8) is 0 Å². The van der Waals surface area contributed by atoms with Crippen LogP contribution < -0.4 is 5.32 Å². The lowest BCUT2D eigenvalue weighted by molar-refractivity contribution is -0.149. The molecule has 2 N–H and O–H groups in total. The van der Waals surface area contributed by atoms with Gasteiger partial charge in [0.1, 0.15) is 0 Å². The summed E-state index contributed by atoms with van der Waals surface area (Å²) in [4.78, 5) is 24.0. The van der Waals surface area contributed by atoms with Crippen molar-refractivity contribution in [3.05, 3.63) is 35.4 Å². The second-order valence-electron chi connectivity index (χ2n) is 6.77. The molecule has 0 fully saturated rings. The summed E-state index contributed by atoms with van der Waals surface area (Å²) in [6, 6.07) is 7.47. The number of carbonyl (C=O) groups excluding carboxylic acids is 1. The van der Waals surface area contributed by atoms with Gasteiger partial charge in [0.05, 0.1) is 5.41 Å². The van der Waals surface area contributed by atoms with Gasteiger partial charge in [-0.2, -0.15) is 0 Å². The molecule has 1 aromatic carbocycles. The molecule has 122 valence electrons. The van der Waals surface area contributed by atoms with Crippen LogP contribution in [0, 0.1) is 5.41 Å². The molecule has 4 nitrogen and oxygen atoms in total. The fourth-order valence-corrected chi connectivity index (χ4v) is 2.56. The van der Waals surface area contributed by atoms with Crippen LogP contribution in [0.5, 0.6) is 0 Å². The summed E-state index contributed by atoms with van der Waals surface area (Å²) in [7, 11) is 0. The highest BCUT2D eigenvalue weighted by molar-refractivity contribution is 5.96. The summed E-state index contributed by atoms with van der Waals surface area (Å²) in [5.74, 6) is -1.07. The van der Waals surface area contributed by atoms with E-state index in [-0.39, 0.29) is 17.9 Å². The number of hydrogen-bond acceptors (Lipinski definition) is 2. The maximum atomic E-state index is 12.5. The van der Waals surface area contributed by atoms with Crippen molar-refractivity contribution >= 4 is 11.9 Å². The van der Waals surface area contributed by atoms with Crippen LogP contribution in [0.15, 0.2) is 24.3 Å². The van der Waals surface area contributed by atoms with Gasteiger partial charge in [0.25, 0.3) is 5.91 Å². The number of amides is 1. The van der Waals surface area contributed by atoms with E-state index in [1.807, 2.05) is 32.0 Å². The van der Waals surface area contributed by atoms with Gasteiger partial charge in [0.2, 0.25) is 0 Å². The smallest absolute Gasteiger partial charge is 0.311 e. The summed E-state index contributed by atoms with van der Waals surface area (Å²) in [5, 5.41) is 12.3.